The number of halogens is 2. The highest BCUT2D eigenvalue weighted by Crippen LogP contribution is 2.27. The molecule has 0 radical (unpaired) electrons. The number of benzene rings is 1. The first kappa shape index (κ1) is 14.3. The van der Waals surface area contributed by atoms with Gasteiger partial charge in [-0.25, -0.2) is 0 Å². The molecule has 2 rings (SSSR count). The van der Waals surface area contributed by atoms with Gasteiger partial charge < -0.3 is 10.5 Å². The molecule has 0 bridgehead atoms. The van der Waals surface area contributed by atoms with Gasteiger partial charge in [0.15, 0.2) is 0 Å². The van der Waals surface area contributed by atoms with E-state index in [1.54, 1.807) is 12.4 Å². The lowest BCUT2D eigenvalue weighted by molar-refractivity contribution is 0.302. The maximum absolute atomic E-state index is 6.16. The lowest BCUT2D eigenvalue weighted by Gasteiger charge is -2.12. The average molecular weight is 342 g/mol. The van der Waals surface area contributed by atoms with Gasteiger partial charge >= 0.3 is 0 Å². The molecule has 1 heterocycles. The van der Waals surface area contributed by atoms with Crippen LogP contribution in [0.3, 0.4) is 0 Å². The number of hydrogen-bond acceptors (Lipinski definition) is 3. The van der Waals surface area contributed by atoms with Gasteiger partial charge in [0, 0.05) is 33.0 Å². The smallest absolute Gasteiger partial charge is 0.124 e. The van der Waals surface area contributed by atoms with E-state index in [4.69, 9.17) is 22.1 Å². The molecule has 0 atom stereocenters. The third-order valence-electron chi connectivity index (χ3n) is 2.63. The van der Waals surface area contributed by atoms with Gasteiger partial charge in [-0.15, -0.1) is 0 Å². The number of hydrogen-bond donors (Lipinski definition) is 1. The molecule has 0 saturated carbocycles. The number of ether oxygens (including phenoxy) is 1. The highest BCUT2D eigenvalue weighted by Gasteiger charge is 2.07. The van der Waals surface area contributed by atoms with Gasteiger partial charge in [0.2, 0.25) is 0 Å². The van der Waals surface area contributed by atoms with Crippen LogP contribution in [0, 0.1) is 0 Å². The van der Waals surface area contributed by atoms with E-state index in [9.17, 15) is 0 Å². The molecule has 1 aromatic heterocycles. The van der Waals surface area contributed by atoms with Crippen molar-refractivity contribution in [2.24, 2.45) is 5.73 Å². The van der Waals surface area contributed by atoms with Gasteiger partial charge in [-0.05, 0) is 47.1 Å². The van der Waals surface area contributed by atoms with Gasteiger partial charge in [0.05, 0.1) is 0 Å². The predicted octanol–water partition coefficient (Wildman–Crippen LogP) is 3.58. The lowest BCUT2D eigenvalue weighted by Crippen LogP contribution is -2.06. The molecule has 0 amide bonds. The molecule has 0 fully saturated rings. The summed E-state index contributed by atoms with van der Waals surface area (Å²) in [6, 6.07) is 7.60. The summed E-state index contributed by atoms with van der Waals surface area (Å²) < 4.78 is 6.74. The van der Waals surface area contributed by atoms with Crippen LogP contribution in [0.15, 0.2) is 41.1 Å². The van der Waals surface area contributed by atoms with E-state index in [1.165, 1.54) is 0 Å². The van der Waals surface area contributed by atoms with E-state index in [0.29, 0.717) is 24.6 Å². The van der Waals surface area contributed by atoms with Gasteiger partial charge in [-0.3, -0.25) is 4.98 Å². The van der Waals surface area contributed by atoms with Gasteiger partial charge in [-0.1, -0.05) is 17.7 Å². The van der Waals surface area contributed by atoms with Crippen molar-refractivity contribution in [3.05, 3.63) is 57.3 Å². The Bertz CT molecular complexity index is 563. The standard InChI is InChI=1S/C14H14BrClN2O/c15-11-6-10(7-18-8-11)9-19-14-3-1-2-13(16)12(14)4-5-17/h1-3,6-8H,4-5,9,17H2. The van der Waals surface area contributed by atoms with Crippen LogP contribution in [0.25, 0.3) is 0 Å². The largest absolute Gasteiger partial charge is 0.489 e. The van der Waals surface area contributed by atoms with Crippen LogP contribution in [-0.2, 0) is 13.0 Å². The zero-order valence-electron chi connectivity index (χ0n) is 10.3. The summed E-state index contributed by atoms with van der Waals surface area (Å²) in [6.45, 7) is 0.989. The first-order valence-electron chi connectivity index (χ1n) is 5.90. The van der Waals surface area contributed by atoms with Crippen molar-refractivity contribution in [3.8, 4) is 5.75 Å². The van der Waals surface area contributed by atoms with Crippen LogP contribution in [-0.4, -0.2) is 11.5 Å². The quantitative estimate of drug-likeness (QED) is 0.904. The summed E-state index contributed by atoms with van der Waals surface area (Å²) in [5, 5.41) is 0.690. The van der Waals surface area contributed by atoms with Crippen molar-refractivity contribution in [1.82, 2.24) is 4.98 Å². The fraction of sp³-hybridized carbons (Fsp3) is 0.214. The molecule has 0 aliphatic heterocycles. The number of pyridine rings is 1. The van der Waals surface area contributed by atoms with Crippen molar-refractivity contribution < 1.29 is 4.74 Å². The molecule has 0 saturated heterocycles. The highest BCUT2D eigenvalue weighted by atomic mass is 79.9. The minimum absolute atomic E-state index is 0.449. The number of rotatable bonds is 5. The molecular formula is C14H14BrClN2O. The molecule has 5 heteroatoms. The van der Waals surface area contributed by atoms with E-state index in [-0.39, 0.29) is 0 Å². The van der Waals surface area contributed by atoms with Crippen LogP contribution in [0.4, 0.5) is 0 Å². The Morgan fingerprint density at radius 1 is 1.32 bits per heavy atom. The van der Waals surface area contributed by atoms with Gasteiger partial charge in [0.25, 0.3) is 0 Å². The summed E-state index contributed by atoms with van der Waals surface area (Å²) >= 11 is 9.54. The number of aromatic nitrogens is 1. The Hall–Kier alpha value is -1.10. The SMILES string of the molecule is NCCc1c(Cl)cccc1OCc1cncc(Br)c1. The molecule has 19 heavy (non-hydrogen) atoms. The molecule has 100 valence electrons. The Labute approximate surface area is 125 Å². The summed E-state index contributed by atoms with van der Waals surface area (Å²) in [7, 11) is 0. The van der Waals surface area contributed by atoms with E-state index in [0.717, 1.165) is 21.3 Å². The average Bonchev–Trinajstić information content (AvgIpc) is 2.40. The molecule has 0 aliphatic carbocycles. The van der Waals surface area contributed by atoms with Crippen molar-refractivity contribution in [3.63, 3.8) is 0 Å². The first-order chi connectivity index (χ1) is 9.20. The summed E-state index contributed by atoms with van der Waals surface area (Å²) in [4.78, 5) is 4.10. The predicted molar refractivity (Wildman–Crippen MR) is 80.5 cm³/mol. The van der Waals surface area contributed by atoms with Gasteiger partial charge in [-0.2, -0.15) is 0 Å². The highest BCUT2D eigenvalue weighted by molar-refractivity contribution is 9.10. The maximum Gasteiger partial charge on any atom is 0.124 e. The zero-order chi connectivity index (χ0) is 13.7. The molecule has 0 unspecified atom stereocenters. The second kappa shape index (κ2) is 6.89. The summed E-state index contributed by atoms with van der Waals surface area (Å²) in [6.07, 6.45) is 4.21. The van der Waals surface area contributed by atoms with Crippen molar-refractivity contribution in [1.29, 1.82) is 0 Å². The van der Waals surface area contributed by atoms with Crippen LogP contribution >= 0.6 is 27.5 Å². The number of nitrogens with zero attached hydrogens (tertiary/aromatic N) is 1. The normalized spacial score (nSPS) is 10.5. The number of nitrogens with two attached hydrogens (primary N) is 1. The summed E-state index contributed by atoms with van der Waals surface area (Å²) in [5.74, 6) is 0.776. The molecule has 0 aliphatic rings. The molecular weight excluding hydrogens is 328 g/mol. The van der Waals surface area contributed by atoms with Crippen molar-refractivity contribution in [2.75, 3.05) is 6.54 Å². The second-order valence-corrected chi connectivity index (χ2v) is 5.38. The lowest BCUT2D eigenvalue weighted by atomic mass is 10.1. The minimum atomic E-state index is 0.449. The molecule has 2 aromatic rings. The Kier molecular flexibility index (Phi) is 5.19. The van der Waals surface area contributed by atoms with Crippen LogP contribution in [0.1, 0.15) is 11.1 Å². The monoisotopic (exact) mass is 340 g/mol. The first-order valence-corrected chi connectivity index (χ1v) is 7.07. The Balaban J connectivity index is 2.13. The fourth-order valence-corrected chi connectivity index (χ4v) is 2.43. The van der Waals surface area contributed by atoms with E-state index in [1.807, 2.05) is 24.3 Å². The van der Waals surface area contributed by atoms with Crippen LogP contribution in [0.2, 0.25) is 5.02 Å². The zero-order valence-corrected chi connectivity index (χ0v) is 12.6. The van der Waals surface area contributed by atoms with Crippen molar-refractivity contribution >= 4 is 27.5 Å². The van der Waals surface area contributed by atoms with E-state index < -0.39 is 0 Å². The Morgan fingerprint density at radius 2 is 2.16 bits per heavy atom. The van der Waals surface area contributed by atoms with Crippen molar-refractivity contribution in [2.45, 2.75) is 13.0 Å². The molecule has 0 spiro atoms. The topological polar surface area (TPSA) is 48.1 Å². The fourth-order valence-electron chi connectivity index (χ4n) is 1.76. The minimum Gasteiger partial charge on any atom is -0.489 e. The molecule has 1 aromatic carbocycles. The Morgan fingerprint density at radius 3 is 2.89 bits per heavy atom. The third kappa shape index (κ3) is 3.93. The maximum atomic E-state index is 6.16. The summed E-state index contributed by atoms with van der Waals surface area (Å²) in [5.41, 5.74) is 7.54. The van der Waals surface area contributed by atoms with Gasteiger partial charge in [0.1, 0.15) is 12.4 Å². The van der Waals surface area contributed by atoms with E-state index in [2.05, 4.69) is 20.9 Å². The van der Waals surface area contributed by atoms with E-state index >= 15 is 0 Å². The molecule has 2 N–H and O–H groups in total. The molecule has 3 nitrogen and oxygen atoms in total. The van der Waals surface area contributed by atoms with Crippen LogP contribution in [0.5, 0.6) is 5.75 Å². The second-order valence-electron chi connectivity index (χ2n) is 4.06. The third-order valence-corrected chi connectivity index (χ3v) is 3.41. The van der Waals surface area contributed by atoms with Crippen LogP contribution < -0.4 is 10.5 Å².